The van der Waals surface area contributed by atoms with E-state index in [0.29, 0.717) is 23.0 Å². The van der Waals surface area contributed by atoms with Gasteiger partial charge in [0.2, 0.25) is 0 Å². The maximum absolute atomic E-state index is 11.7. The molecule has 0 amide bonds. The molecular weight excluding hydrogens is 344 g/mol. The van der Waals surface area contributed by atoms with E-state index in [0.717, 1.165) is 5.76 Å². The molecule has 0 spiro atoms. The Morgan fingerprint density at radius 2 is 1.64 bits per heavy atom. The van der Waals surface area contributed by atoms with Crippen LogP contribution in [-0.2, 0) is 9.22 Å². The van der Waals surface area contributed by atoms with Crippen molar-refractivity contribution in [3.8, 4) is 0 Å². The second-order valence-electron chi connectivity index (χ2n) is 8.01. The summed E-state index contributed by atoms with van der Waals surface area (Å²) in [6.45, 7) is 15.5. The Labute approximate surface area is 158 Å². The summed E-state index contributed by atoms with van der Waals surface area (Å²) in [4.78, 5) is 12.9. The molecule has 1 atom stereocenters. The van der Waals surface area contributed by atoms with Crippen LogP contribution in [0.15, 0.2) is 35.2 Å². The Bertz CT molecular complexity index is 627. The van der Waals surface area contributed by atoms with Crippen LogP contribution in [0.3, 0.4) is 0 Å². The number of carbonyl (C=O) groups is 1. The van der Waals surface area contributed by atoms with Crippen molar-refractivity contribution >= 4 is 31.6 Å². The van der Waals surface area contributed by atoms with Gasteiger partial charge in [-0.1, -0.05) is 59.7 Å². The molecule has 0 aliphatic carbocycles. The lowest BCUT2D eigenvalue weighted by atomic mass is 10.1. The normalized spacial score (nSPS) is 17.7. The van der Waals surface area contributed by atoms with Crippen molar-refractivity contribution in [2.24, 2.45) is 0 Å². The fourth-order valence-corrected chi connectivity index (χ4v) is 10.8. The summed E-state index contributed by atoms with van der Waals surface area (Å²) in [5.74, 6) is 1.23. The van der Waals surface area contributed by atoms with Crippen molar-refractivity contribution < 1.29 is 9.22 Å². The lowest BCUT2D eigenvalue weighted by Gasteiger charge is -2.43. The first-order valence-electron chi connectivity index (χ1n) is 9.34. The molecule has 138 valence electrons. The van der Waals surface area contributed by atoms with Crippen LogP contribution in [0.1, 0.15) is 60.5 Å². The molecule has 0 saturated carbocycles. The highest BCUT2D eigenvalue weighted by molar-refractivity contribution is 8.00. The van der Waals surface area contributed by atoms with Crippen molar-refractivity contribution in [2.45, 2.75) is 81.7 Å². The smallest absolute Gasteiger partial charge is 0.258 e. The third-order valence-corrected chi connectivity index (χ3v) is 12.5. The van der Waals surface area contributed by atoms with E-state index in [9.17, 15) is 4.79 Å². The molecule has 1 aliphatic rings. The van der Waals surface area contributed by atoms with Gasteiger partial charge in [-0.2, -0.15) is 0 Å². The first-order valence-corrected chi connectivity index (χ1v) is 12.4. The molecule has 0 N–H and O–H groups in total. The van der Waals surface area contributed by atoms with E-state index < -0.39 is 8.32 Å². The van der Waals surface area contributed by atoms with Crippen molar-refractivity contribution in [3.63, 3.8) is 0 Å². The van der Waals surface area contributed by atoms with E-state index in [1.165, 1.54) is 10.5 Å². The molecule has 1 heterocycles. The van der Waals surface area contributed by atoms with Gasteiger partial charge in [-0.15, -0.1) is 11.8 Å². The van der Waals surface area contributed by atoms with Crippen LogP contribution in [0.25, 0.3) is 5.76 Å². The highest BCUT2D eigenvalue weighted by atomic mass is 32.2. The molecule has 2 rings (SSSR count). The largest absolute Gasteiger partial charge is 0.542 e. The molecule has 2 nitrogen and oxygen atoms in total. The summed E-state index contributed by atoms with van der Waals surface area (Å²) in [6, 6.07) is 8.44. The van der Waals surface area contributed by atoms with Crippen molar-refractivity contribution in [3.05, 3.63) is 35.9 Å². The van der Waals surface area contributed by atoms with Gasteiger partial charge in [-0.25, -0.2) is 0 Å². The zero-order valence-electron chi connectivity index (χ0n) is 16.6. The topological polar surface area (TPSA) is 26.3 Å². The quantitative estimate of drug-likeness (QED) is 0.497. The minimum Gasteiger partial charge on any atom is -0.542 e. The first-order chi connectivity index (χ1) is 11.7. The van der Waals surface area contributed by atoms with Gasteiger partial charge in [0, 0.05) is 22.1 Å². The summed E-state index contributed by atoms with van der Waals surface area (Å²) >= 11 is 1.78. The molecule has 0 radical (unpaired) electrons. The molecule has 0 bridgehead atoms. The van der Waals surface area contributed by atoms with Crippen LogP contribution in [0.2, 0.25) is 16.6 Å². The monoisotopic (exact) mass is 376 g/mol. The van der Waals surface area contributed by atoms with E-state index in [2.05, 4.69) is 71.9 Å². The predicted octanol–water partition coefficient (Wildman–Crippen LogP) is 6.67. The minimum atomic E-state index is -2.02. The maximum Gasteiger partial charge on any atom is 0.258 e. The lowest BCUT2D eigenvalue weighted by Crippen LogP contribution is -2.47. The average Bonchev–Trinajstić information content (AvgIpc) is 2.50. The number of hydrogen-bond acceptors (Lipinski definition) is 3. The standard InChI is InChI=1S/C21H32O2SSi/c1-14(2)25(15(3)4,16(5)6)23-20-13-18(12-17(7)22)24-21-11-9-8-10-19(20)21/h8-11,13-16,18H,12H2,1-7H3. The minimum absolute atomic E-state index is 0.167. The highest BCUT2D eigenvalue weighted by Crippen LogP contribution is 2.48. The fourth-order valence-electron chi connectivity index (χ4n) is 4.25. The van der Waals surface area contributed by atoms with Crippen LogP contribution >= 0.6 is 11.8 Å². The molecule has 0 aromatic heterocycles. The summed E-state index contributed by atoms with van der Waals surface area (Å²) in [6.07, 6.45) is 2.76. The number of fused-ring (bicyclic) bond motifs is 1. The molecule has 25 heavy (non-hydrogen) atoms. The Kier molecular flexibility index (Phi) is 6.60. The SMILES string of the molecule is CC(=O)CC1C=C(O[Si](C(C)C)(C(C)C)C(C)C)c2ccccc2S1. The molecule has 0 fully saturated rings. The number of Topliss-reactive ketones (excluding diaryl/α,β-unsaturated/α-hetero) is 1. The third kappa shape index (κ3) is 4.22. The van der Waals surface area contributed by atoms with Crippen LogP contribution in [0.4, 0.5) is 0 Å². The second-order valence-corrected chi connectivity index (χ2v) is 14.7. The number of ketones is 1. The average molecular weight is 377 g/mol. The summed E-state index contributed by atoms with van der Waals surface area (Å²) in [5.41, 5.74) is 2.77. The summed E-state index contributed by atoms with van der Waals surface area (Å²) in [7, 11) is -2.02. The van der Waals surface area contributed by atoms with Gasteiger partial charge in [0.1, 0.15) is 11.5 Å². The van der Waals surface area contributed by atoms with Gasteiger partial charge in [-0.3, -0.25) is 4.79 Å². The number of thioether (sulfide) groups is 1. The van der Waals surface area contributed by atoms with Gasteiger partial charge in [0.15, 0.2) is 0 Å². The van der Waals surface area contributed by atoms with Gasteiger partial charge >= 0.3 is 0 Å². The van der Waals surface area contributed by atoms with E-state index in [-0.39, 0.29) is 11.0 Å². The van der Waals surface area contributed by atoms with E-state index in [1.54, 1.807) is 18.7 Å². The van der Waals surface area contributed by atoms with Crippen molar-refractivity contribution in [1.82, 2.24) is 0 Å². The second kappa shape index (κ2) is 8.13. The maximum atomic E-state index is 11.7. The number of rotatable bonds is 7. The Morgan fingerprint density at radius 3 is 2.16 bits per heavy atom. The van der Waals surface area contributed by atoms with Gasteiger partial charge in [0.05, 0.1) is 0 Å². The number of hydrogen-bond donors (Lipinski definition) is 0. The van der Waals surface area contributed by atoms with E-state index >= 15 is 0 Å². The lowest BCUT2D eigenvalue weighted by molar-refractivity contribution is -0.116. The number of benzene rings is 1. The molecule has 1 unspecified atom stereocenters. The Morgan fingerprint density at radius 1 is 1.08 bits per heavy atom. The molecule has 0 saturated heterocycles. The molecule has 4 heteroatoms. The zero-order valence-corrected chi connectivity index (χ0v) is 18.4. The highest BCUT2D eigenvalue weighted by Gasteiger charge is 2.47. The van der Waals surface area contributed by atoms with Crippen LogP contribution in [0, 0.1) is 0 Å². The van der Waals surface area contributed by atoms with Gasteiger partial charge in [-0.05, 0) is 35.7 Å². The Hall–Kier alpha value is -1.00. The molecule has 1 aromatic rings. The van der Waals surface area contributed by atoms with Crippen LogP contribution in [0.5, 0.6) is 0 Å². The van der Waals surface area contributed by atoms with Crippen molar-refractivity contribution in [2.75, 3.05) is 0 Å². The van der Waals surface area contributed by atoms with Crippen molar-refractivity contribution in [1.29, 1.82) is 0 Å². The van der Waals surface area contributed by atoms with E-state index in [4.69, 9.17) is 4.43 Å². The molecular formula is C21H32O2SSi. The fraction of sp³-hybridized carbons (Fsp3) is 0.571. The summed E-state index contributed by atoms with van der Waals surface area (Å²) in [5, 5.41) is 0.167. The zero-order chi connectivity index (χ0) is 18.8. The first kappa shape index (κ1) is 20.3. The van der Waals surface area contributed by atoms with Crippen LogP contribution in [-0.4, -0.2) is 19.4 Å². The van der Waals surface area contributed by atoms with Crippen LogP contribution < -0.4 is 0 Å². The summed E-state index contributed by atoms with van der Waals surface area (Å²) < 4.78 is 6.98. The molecule has 1 aliphatic heterocycles. The molecule has 1 aromatic carbocycles. The van der Waals surface area contributed by atoms with Gasteiger partial charge in [0.25, 0.3) is 8.32 Å². The number of carbonyl (C=O) groups excluding carboxylic acids is 1. The Balaban J connectivity index is 2.48. The van der Waals surface area contributed by atoms with E-state index in [1.807, 2.05) is 0 Å². The third-order valence-electron chi connectivity index (χ3n) is 5.25. The van der Waals surface area contributed by atoms with Gasteiger partial charge < -0.3 is 4.43 Å². The predicted molar refractivity (Wildman–Crippen MR) is 111 cm³/mol.